The highest BCUT2D eigenvalue weighted by Crippen LogP contribution is 2.32. The Hall–Kier alpha value is 0.200. The topological polar surface area (TPSA) is 49.8 Å². The molecule has 3 nitrogen and oxygen atoms in total. The van der Waals surface area contributed by atoms with Crippen LogP contribution in [0.1, 0.15) is 12.8 Å². The van der Waals surface area contributed by atoms with Crippen LogP contribution in [0, 0.1) is 0 Å². The third-order valence-electron chi connectivity index (χ3n) is 1.50. The molecule has 0 bridgehead atoms. The summed E-state index contributed by atoms with van der Waals surface area (Å²) in [6, 6.07) is 0. The number of carboxylic acids is 1. The zero-order valence-corrected chi connectivity index (χ0v) is 8.06. The van der Waals surface area contributed by atoms with Gasteiger partial charge in [-0.15, -0.1) is 0 Å². The van der Waals surface area contributed by atoms with Crippen LogP contribution >= 0.6 is 27.5 Å². The number of rotatable bonds is 4. The third-order valence-corrected chi connectivity index (χ3v) is 2.58. The quantitative estimate of drug-likeness (QED) is 0.602. The Bertz CT molecular complexity index is 167. The number of epoxide rings is 1. The van der Waals surface area contributed by atoms with Crippen LogP contribution in [-0.4, -0.2) is 27.6 Å². The first-order valence-electron chi connectivity index (χ1n) is 3.25. The summed E-state index contributed by atoms with van der Waals surface area (Å²) in [6.45, 7) is 0.736. The number of aliphatic carboxylic acids is 1. The molecule has 0 aliphatic carbocycles. The van der Waals surface area contributed by atoms with Gasteiger partial charge in [-0.05, 0) is 12.8 Å². The maximum Gasteiger partial charge on any atom is 0.335 e. The first-order valence-corrected chi connectivity index (χ1v) is 4.42. The molecule has 0 radical (unpaired) electrons. The van der Waals surface area contributed by atoms with Gasteiger partial charge in [0.1, 0.15) is 0 Å². The van der Waals surface area contributed by atoms with Crippen molar-refractivity contribution in [2.24, 2.45) is 0 Å². The number of carboxylic acid groups (broad SMARTS) is 1. The van der Waals surface area contributed by atoms with Gasteiger partial charge in [0.2, 0.25) is 0 Å². The van der Waals surface area contributed by atoms with Gasteiger partial charge < -0.3 is 9.84 Å². The molecule has 0 amide bonds. The summed E-state index contributed by atoms with van der Waals surface area (Å²) >= 11 is 8.52. The maximum atomic E-state index is 10.4. The van der Waals surface area contributed by atoms with Gasteiger partial charge in [-0.3, -0.25) is 0 Å². The zero-order valence-electron chi connectivity index (χ0n) is 5.72. The summed E-state index contributed by atoms with van der Waals surface area (Å²) in [5, 5.41) is 8.55. The summed E-state index contributed by atoms with van der Waals surface area (Å²) in [7, 11) is 0. The minimum atomic E-state index is -1.31. The second kappa shape index (κ2) is 3.29. The van der Waals surface area contributed by atoms with Gasteiger partial charge in [-0.25, -0.2) is 4.79 Å². The number of ether oxygens (including phenoxy) is 1. The third kappa shape index (κ3) is 2.97. The lowest BCUT2D eigenvalue weighted by atomic mass is 10.2. The van der Waals surface area contributed by atoms with Crippen molar-refractivity contribution in [3.63, 3.8) is 0 Å². The van der Waals surface area contributed by atoms with Crippen molar-refractivity contribution >= 4 is 33.5 Å². The molecule has 1 rings (SSSR count). The Balaban J connectivity index is 2.26. The van der Waals surface area contributed by atoms with Gasteiger partial charge in [0.15, 0.2) is 3.78 Å². The van der Waals surface area contributed by atoms with E-state index in [1.165, 1.54) is 0 Å². The molecule has 64 valence electrons. The fourth-order valence-electron chi connectivity index (χ4n) is 0.684. The smallest absolute Gasteiger partial charge is 0.335 e. The highest BCUT2D eigenvalue weighted by molar-refractivity contribution is 9.10. The minimum absolute atomic E-state index is 0.227. The van der Waals surface area contributed by atoms with E-state index >= 15 is 0 Å². The fraction of sp³-hybridized carbons (Fsp3) is 0.833. The SMILES string of the molecule is O=C(O)C(Cl)(Br)CCC1CO1. The van der Waals surface area contributed by atoms with Crippen molar-refractivity contribution in [2.75, 3.05) is 6.61 Å². The average Bonchev–Trinajstić information content (AvgIpc) is 2.65. The highest BCUT2D eigenvalue weighted by atomic mass is 79.9. The van der Waals surface area contributed by atoms with E-state index in [0.29, 0.717) is 12.8 Å². The Morgan fingerprint density at radius 1 is 1.91 bits per heavy atom. The monoisotopic (exact) mass is 242 g/mol. The summed E-state index contributed by atoms with van der Waals surface area (Å²) in [6.07, 6.45) is 1.31. The number of hydrogen-bond donors (Lipinski definition) is 1. The van der Waals surface area contributed by atoms with Crippen LogP contribution in [0.4, 0.5) is 0 Å². The van der Waals surface area contributed by atoms with Gasteiger partial charge in [-0.1, -0.05) is 27.5 Å². The lowest BCUT2D eigenvalue weighted by Crippen LogP contribution is -2.25. The van der Waals surface area contributed by atoms with Gasteiger partial charge >= 0.3 is 5.97 Å². The predicted octanol–water partition coefficient (Wildman–Crippen LogP) is 1.58. The van der Waals surface area contributed by atoms with Crippen LogP contribution in [-0.2, 0) is 9.53 Å². The molecule has 1 heterocycles. The van der Waals surface area contributed by atoms with E-state index in [2.05, 4.69) is 15.9 Å². The molecule has 0 aromatic heterocycles. The molecule has 2 unspecified atom stereocenters. The van der Waals surface area contributed by atoms with Gasteiger partial charge in [-0.2, -0.15) is 0 Å². The van der Waals surface area contributed by atoms with Gasteiger partial charge in [0.25, 0.3) is 0 Å². The number of hydrogen-bond acceptors (Lipinski definition) is 2. The molecule has 0 spiro atoms. The molecule has 1 saturated heterocycles. The first-order chi connectivity index (χ1) is 5.02. The van der Waals surface area contributed by atoms with Crippen LogP contribution in [0.5, 0.6) is 0 Å². The van der Waals surface area contributed by atoms with E-state index in [0.717, 1.165) is 6.61 Å². The van der Waals surface area contributed by atoms with Crippen LogP contribution in [0.3, 0.4) is 0 Å². The lowest BCUT2D eigenvalue weighted by molar-refractivity contribution is -0.137. The molecule has 5 heteroatoms. The summed E-state index contributed by atoms with van der Waals surface area (Å²) in [5.74, 6) is -1.04. The van der Waals surface area contributed by atoms with Crippen LogP contribution in [0.25, 0.3) is 0 Å². The largest absolute Gasteiger partial charge is 0.479 e. The van der Waals surface area contributed by atoms with Crippen LogP contribution in [0.15, 0.2) is 0 Å². The molecule has 0 saturated carbocycles. The maximum absolute atomic E-state index is 10.4. The molecular formula is C6H8BrClO3. The molecule has 1 aliphatic heterocycles. The standard InChI is InChI=1S/C6H8BrClO3/c7-6(8,5(9)10)2-1-4-3-11-4/h4H,1-3H2,(H,9,10). The molecule has 0 aromatic rings. The fourth-order valence-corrected chi connectivity index (χ4v) is 1.02. The molecule has 0 aromatic carbocycles. The van der Waals surface area contributed by atoms with Crippen molar-refractivity contribution < 1.29 is 14.6 Å². The normalized spacial score (nSPS) is 27.6. The summed E-state index contributed by atoms with van der Waals surface area (Å²) in [4.78, 5) is 10.4. The van der Waals surface area contributed by atoms with E-state index in [1.54, 1.807) is 0 Å². The second-order valence-electron chi connectivity index (χ2n) is 2.50. The highest BCUT2D eigenvalue weighted by Gasteiger charge is 2.35. The summed E-state index contributed by atoms with van der Waals surface area (Å²) < 4.78 is 3.60. The van der Waals surface area contributed by atoms with E-state index < -0.39 is 9.75 Å². The van der Waals surface area contributed by atoms with Crippen LogP contribution in [0.2, 0.25) is 0 Å². The molecular weight excluding hydrogens is 235 g/mol. The Kier molecular flexibility index (Phi) is 2.78. The number of alkyl halides is 2. The summed E-state index contributed by atoms with van der Waals surface area (Å²) in [5.41, 5.74) is 0. The molecule has 2 atom stereocenters. The number of carbonyl (C=O) groups is 1. The molecule has 1 aliphatic rings. The minimum Gasteiger partial charge on any atom is -0.479 e. The van der Waals surface area contributed by atoms with Crippen molar-refractivity contribution in [1.29, 1.82) is 0 Å². The zero-order chi connectivity index (χ0) is 8.48. The van der Waals surface area contributed by atoms with Gasteiger partial charge in [0, 0.05) is 0 Å². The predicted molar refractivity (Wildman–Crippen MR) is 44.1 cm³/mol. The average molecular weight is 243 g/mol. The second-order valence-corrected chi connectivity index (χ2v) is 4.96. The van der Waals surface area contributed by atoms with E-state index in [1.807, 2.05) is 0 Å². The van der Waals surface area contributed by atoms with E-state index in [-0.39, 0.29) is 6.10 Å². The van der Waals surface area contributed by atoms with Crippen molar-refractivity contribution in [2.45, 2.75) is 22.7 Å². The van der Waals surface area contributed by atoms with Crippen molar-refractivity contribution in [3.8, 4) is 0 Å². The van der Waals surface area contributed by atoms with Crippen molar-refractivity contribution in [3.05, 3.63) is 0 Å². The molecule has 1 N–H and O–H groups in total. The Morgan fingerprint density at radius 2 is 2.45 bits per heavy atom. The van der Waals surface area contributed by atoms with E-state index in [9.17, 15) is 4.79 Å². The van der Waals surface area contributed by atoms with Crippen molar-refractivity contribution in [1.82, 2.24) is 0 Å². The first kappa shape index (κ1) is 9.29. The number of halogens is 2. The Labute approximate surface area is 77.8 Å². The van der Waals surface area contributed by atoms with Gasteiger partial charge in [0.05, 0.1) is 12.7 Å². The van der Waals surface area contributed by atoms with Crippen LogP contribution < -0.4 is 0 Å². The Morgan fingerprint density at radius 3 is 2.82 bits per heavy atom. The molecule has 1 fully saturated rings. The molecule has 11 heavy (non-hydrogen) atoms. The van der Waals surface area contributed by atoms with E-state index in [4.69, 9.17) is 21.4 Å². The lowest BCUT2D eigenvalue weighted by Gasteiger charge is -2.12.